The Labute approximate surface area is 132 Å². The van der Waals surface area contributed by atoms with Crippen LogP contribution in [0.3, 0.4) is 0 Å². The van der Waals surface area contributed by atoms with Crippen LogP contribution in [0.2, 0.25) is 5.02 Å². The molecule has 1 fully saturated rings. The Hall–Kier alpha value is -2.08. The highest BCUT2D eigenvalue weighted by Crippen LogP contribution is 2.29. The summed E-state index contributed by atoms with van der Waals surface area (Å²) >= 11 is 5.99. The van der Waals surface area contributed by atoms with Crippen molar-refractivity contribution in [2.75, 3.05) is 25.2 Å². The van der Waals surface area contributed by atoms with Crippen LogP contribution in [-0.2, 0) is 19.1 Å². The van der Waals surface area contributed by atoms with Gasteiger partial charge in [-0.05, 0) is 25.1 Å². The van der Waals surface area contributed by atoms with Crippen molar-refractivity contribution in [3.63, 3.8) is 0 Å². The predicted molar refractivity (Wildman–Crippen MR) is 79.9 cm³/mol. The van der Waals surface area contributed by atoms with Crippen molar-refractivity contribution in [1.29, 1.82) is 0 Å². The lowest BCUT2D eigenvalue weighted by atomic mass is 10.1. The maximum atomic E-state index is 12.1. The molecule has 1 aromatic rings. The van der Waals surface area contributed by atoms with E-state index in [-0.39, 0.29) is 36.1 Å². The van der Waals surface area contributed by atoms with Crippen molar-refractivity contribution in [2.45, 2.75) is 13.3 Å². The molecule has 0 saturated carbocycles. The highest BCUT2D eigenvalue weighted by molar-refractivity contribution is 6.33. The van der Waals surface area contributed by atoms with Crippen molar-refractivity contribution in [1.82, 2.24) is 0 Å². The highest BCUT2D eigenvalue weighted by Gasteiger charge is 2.36. The van der Waals surface area contributed by atoms with Crippen LogP contribution in [0, 0.1) is 5.92 Å². The molecule has 2 rings (SSSR count). The number of carbonyl (C=O) groups excluding carboxylic acids is 3. The average Bonchev–Trinajstić information content (AvgIpc) is 2.89. The summed E-state index contributed by atoms with van der Waals surface area (Å²) in [6.07, 6.45) is 0.0873. The molecule has 0 bridgehead atoms. The molecule has 1 atom stereocenters. The lowest BCUT2D eigenvalue weighted by Crippen LogP contribution is -2.26. The second kappa shape index (κ2) is 6.79. The van der Waals surface area contributed by atoms with Crippen LogP contribution in [0.25, 0.3) is 0 Å². The largest absolute Gasteiger partial charge is 0.469 e. The zero-order chi connectivity index (χ0) is 16.3. The van der Waals surface area contributed by atoms with Gasteiger partial charge in [-0.25, -0.2) is 4.79 Å². The molecular weight excluding hydrogens is 310 g/mol. The molecular formula is C15H16ClNO5. The molecule has 22 heavy (non-hydrogen) atoms. The van der Waals surface area contributed by atoms with Gasteiger partial charge in [0.25, 0.3) is 0 Å². The van der Waals surface area contributed by atoms with Crippen LogP contribution < -0.4 is 4.90 Å². The second-order valence-corrected chi connectivity index (χ2v) is 5.22. The molecule has 1 unspecified atom stereocenters. The van der Waals surface area contributed by atoms with Gasteiger partial charge in [0.2, 0.25) is 5.91 Å². The van der Waals surface area contributed by atoms with Crippen LogP contribution in [0.5, 0.6) is 0 Å². The third-order valence-electron chi connectivity index (χ3n) is 3.42. The number of benzene rings is 1. The number of halogens is 1. The van der Waals surface area contributed by atoms with Crippen LogP contribution in [0.15, 0.2) is 18.2 Å². The number of hydrogen-bond donors (Lipinski definition) is 0. The molecule has 1 aromatic carbocycles. The van der Waals surface area contributed by atoms with E-state index < -0.39 is 17.9 Å². The first-order valence-corrected chi connectivity index (χ1v) is 7.20. The van der Waals surface area contributed by atoms with E-state index in [9.17, 15) is 14.4 Å². The maximum absolute atomic E-state index is 12.1. The smallest absolute Gasteiger partial charge is 0.339 e. The summed E-state index contributed by atoms with van der Waals surface area (Å²) < 4.78 is 9.60. The molecule has 1 aliphatic rings. The number of amides is 1. The van der Waals surface area contributed by atoms with E-state index >= 15 is 0 Å². The SMILES string of the molecule is CCOC(=O)c1cc(N2CC(C(=O)OC)CC2=O)ccc1Cl. The van der Waals surface area contributed by atoms with Gasteiger partial charge in [-0.2, -0.15) is 0 Å². The topological polar surface area (TPSA) is 72.9 Å². The Morgan fingerprint density at radius 2 is 2.14 bits per heavy atom. The maximum Gasteiger partial charge on any atom is 0.339 e. The number of methoxy groups -OCH3 is 1. The van der Waals surface area contributed by atoms with E-state index in [1.54, 1.807) is 13.0 Å². The summed E-state index contributed by atoms with van der Waals surface area (Å²) in [6, 6.07) is 4.66. The molecule has 0 aromatic heterocycles. The molecule has 7 heteroatoms. The lowest BCUT2D eigenvalue weighted by Gasteiger charge is -2.17. The van der Waals surface area contributed by atoms with Gasteiger partial charge < -0.3 is 14.4 Å². The first-order chi connectivity index (χ1) is 10.5. The minimum absolute atomic E-state index is 0.0873. The Balaban J connectivity index is 2.26. The minimum atomic E-state index is -0.550. The average molecular weight is 326 g/mol. The number of nitrogens with zero attached hydrogens (tertiary/aromatic N) is 1. The molecule has 118 valence electrons. The molecule has 0 radical (unpaired) electrons. The van der Waals surface area contributed by atoms with Gasteiger partial charge in [0, 0.05) is 18.7 Å². The Bertz CT molecular complexity index is 616. The second-order valence-electron chi connectivity index (χ2n) is 4.81. The summed E-state index contributed by atoms with van der Waals surface area (Å²) in [7, 11) is 1.29. The van der Waals surface area contributed by atoms with Crippen LogP contribution >= 0.6 is 11.6 Å². The normalized spacial score (nSPS) is 17.5. The van der Waals surface area contributed by atoms with Crippen LogP contribution in [-0.4, -0.2) is 38.1 Å². The fourth-order valence-corrected chi connectivity index (χ4v) is 2.52. The molecule has 0 aliphatic carbocycles. The summed E-state index contributed by atoms with van der Waals surface area (Å²) in [5, 5.41) is 0.248. The van der Waals surface area contributed by atoms with E-state index in [4.69, 9.17) is 16.3 Å². The van der Waals surface area contributed by atoms with Crippen molar-refractivity contribution < 1.29 is 23.9 Å². The molecule has 1 heterocycles. The fraction of sp³-hybridized carbons (Fsp3) is 0.400. The van der Waals surface area contributed by atoms with Crippen LogP contribution in [0.1, 0.15) is 23.7 Å². The lowest BCUT2D eigenvalue weighted by molar-refractivity contribution is -0.145. The Morgan fingerprint density at radius 3 is 2.77 bits per heavy atom. The Morgan fingerprint density at radius 1 is 1.41 bits per heavy atom. The summed E-state index contributed by atoms with van der Waals surface area (Å²) in [4.78, 5) is 36.9. The predicted octanol–water partition coefficient (Wildman–Crippen LogP) is 2.04. The van der Waals surface area contributed by atoms with Crippen LogP contribution in [0.4, 0.5) is 5.69 Å². The zero-order valence-corrected chi connectivity index (χ0v) is 13.1. The molecule has 1 saturated heterocycles. The molecule has 6 nitrogen and oxygen atoms in total. The standard InChI is InChI=1S/C15H16ClNO5/c1-3-22-15(20)11-7-10(4-5-12(11)16)17-8-9(6-13(17)18)14(19)21-2/h4-5,7,9H,3,6,8H2,1-2H3. The van der Waals surface area contributed by atoms with Crippen molar-refractivity contribution in [3.05, 3.63) is 28.8 Å². The van der Waals surface area contributed by atoms with Gasteiger partial charge in [-0.15, -0.1) is 0 Å². The first kappa shape index (κ1) is 16.3. The molecule has 1 amide bonds. The summed E-state index contributed by atoms with van der Waals surface area (Å²) in [6.45, 7) is 2.14. The number of hydrogen-bond acceptors (Lipinski definition) is 5. The summed E-state index contributed by atoms with van der Waals surface area (Å²) in [5.74, 6) is -1.67. The fourth-order valence-electron chi connectivity index (χ4n) is 2.33. The van der Waals surface area contributed by atoms with E-state index in [2.05, 4.69) is 4.74 Å². The molecule has 1 aliphatic heterocycles. The van der Waals surface area contributed by atoms with E-state index in [0.717, 1.165) is 0 Å². The number of anilines is 1. The van der Waals surface area contributed by atoms with Gasteiger partial charge in [0.1, 0.15) is 0 Å². The monoisotopic (exact) mass is 325 g/mol. The van der Waals surface area contributed by atoms with E-state index in [1.807, 2.05) is 0 Å². The third kappa shape index (κ3) is 3.22. The van der Waals surface area contributed by atoms with E-state index in [0.29, 0.717) is 5.69 Å². The number of esters is 2. The van der Waals surface area contributed by atoms with Gasteiger partial charge in [0.15, 0.2) is 0 Å². The minimum Gasteiger partial charge on any atom is -0.469 e. The summed E-state index contributed by atoms with van der Waals surface area (Å²) in [5.41, 5.74) is 0.694. The number of ether oxygens (including phenoxy) is 2. The van der Waals surface area contributed by atoms with Gasteiger partial charge in [0.05, 0.1) is 30.2 Å². The molecule has 0 spiro atoms. The number of rotatable bonds is 4. The number of carbonyl (C=O) groups is 3. The van der Waals surface area contributed by atoms with Crippen molar-refractivity contribution >= 4 is 35.1 Å². The van der Waals surface area contributed by atoms with E-state index in [1.165, 1.54) is 24.1 Å². The van der Waals surface area contributed by atoms with Gasteiger partial charge in [-0.1, -0.05) is 11.6 Å². The van der Waals surface area contributed by atoms with Gasteiger partial charge >= 0.3 is 11.9 Å². The van der Waals surface area contributed by atoms with Gasteiger partial charge in [-0.3, -0.25) is 9.59 Å². The van der Waals surface area contributed by atoms with Crippen molar-refractivity contribution in [2.24, 2.45) is 5.92 Å². The Kier molecular flexibility index (Phi) is 5.03. The van der Waals surface area contributed by atoms with Crippen molar-refractivity contribution in [3.8, 4) is 0 Å². The quantitative estimate of drug-likeness (QED) is 0.792. The first-order valence-electron chi connectivity index (χ1n) is 6.82. The third-order valence-corrected chi connectivity index (χ3v) is 3.75. The zero-order valence-electron chi connectivity index (χ0n) is 12.3. The molecule has 0 N–H and O–H groups in total. The highest BCUT2D eigenvalue weighted by atomic mass is 35.5.